The Morgan fingerprint density at radius 3 is 2.75 bits per heavy atom. The molecule has 2 rings (SSSR count). The first-order chi connectivity index (χ1) is 9.37. The molecule has 1 fully saturated rings. The van der Waals surface area contributed by atoms with Gasteiger partial charge in [0.1, 0.15) is 0 Å². The van der Waals surface area contributed by atoms with Crippen LogP contribution in [0.1, 0.15) is 19.4 Å². The lowest BCUT2D eigenvalue weighted by Gasteiger charge is -2.36. The number of thioether (sulfide) groups is 1. The van der Waals surface area contributed by atoms with E-state index >= 15 is 0 Å². The number of sulfonamides is 1. The second kappa shape index (κ2) is 6.36. The number of hydrogen-bond donors (Lipinski definition) is 1. The summed E-state index contributed by atoms with van der Waals surface area (Å²) in [4.78, 5) is 0.320. The van der Waals surface area contributed by atoms with Gasteiger partial charge in [-0.1, -0.05) is 13.0 Å². The molecular weight excluding hydrogens is 360 g/mol. The van der Waals surface area contributed by atoms with Crippen molar-refractivity contribution in [1.29, 1.82) is 0 Å². The van der Waals surface area contributed by atoms with E-state index in [9.17, 15) is 8.42 Å². The lowest BCUT2D eigenvalue weighted by molar-refractivity contribution is 0.340. The molecule has 0 aromatic heterocycles. The first kappa shape index (κ1) is 16.3. The molecule has 112 valence electrons. The van der Waals surface area contributed by atoms with Crippen LogP contribution in [0.25, 0.3) is 0 Å². The van der Waals surface area contributed by atoms with Crippen LogP contribution in [0.3, 0.4) is 0 Å². The third-order valence-corrected chi connectivity index (χ3v) is 7.95. The SMILES string of the molecule is CC1SCCN(S(=O)(=O)c2ccc(CN)cc2Br)C1C. The van der Waals surface area contributed by atoms with Gasteiger partial charge in [0.05, 0.1) is 4.90 Å². The molecule has 1 aliphatic heterocycles. The third kappa shape index (κ3) is 3.06. The Bertz CT molecular complexity index is 592. The average Bonchev–Trinajstić information content (AvgIpc) is 2.41. The van der Waals surface area contributed by atoms with Gasteiger partial charge in [0.2, 0.25) is 10.0 Å². The first-order valence-electron chi connectivity index (χ1n) is 6.50. The number of halogens is 1. The number of benzene rings is 1. The molecule has 0 amide bonds. The van der Waals surface area contributed by atoms with E-state index in [4.69, 9.17) is 5.73 Å². The van der Waals surface area contributed by atoms with Crippen LogP contribution in [0.4, 0.5) is 0 Å². The molecule has 0 radical (unpaired) electrons. The summed E-state index contributed by atoms with van der Waals surface area (Å²) < 4.78 is 27.8. The summed E-state index contributed by atoms with van der Waals surface area (Å²) in [6, 6.07) is 5.19. The quantitative estimate of drug-likeness (QED) is 0.876. The molecule has 0 spiro atoms. The highest BCUT2D eigenvalue weighted by Crippen LogP contribution is 2.32. The Kier molecular flexibility index (Phi) is 5.18. The van der Waals surface area contributed by atoms with Crippen molar-refractivity contribution >= 4 is 37.7 Å². The lowest BCUT2D eigenvalue weighted by Crippen LogP contribution is -2.47. The van der Waals surface area contributed by atoms with Gasteiger partial charge < -0.3 is 5.73 Å². The summed E-state index contributed by atoms with van der Waals surface area (Å²) in [5.41, 5.74) is 6.49. The van der Waals surface area contributed by atoms with Gasteiger partial charge in [-0.15, -0.1) is 0 Å². The fourth-order valence-electron chi connectivity index (χ4n) is 2.25. The second-order valence-electron chi connectivity index (χ2n) is 4.90. The van der Waals surface area contributed by atoms with Crippen LogP contribution in [0.5, 0.6) is 0 Å². The molecule has 0 bridgehead atoms. The Morgan fingerprint density at radius 2 is 2.15 bits per heavy atom. The molecule has 2 unspecified atom stereocenters. The fourth-order valence-corrected chi connectivity index (χ4v) is 6.33. The molecule has 1 saturated heterocycles. The van der Waals surface area contributed by atoms with Gasteiger partial charge in [0.15, 0.2) is 0 Å². The van der Waals surface area contributed by atoms with E-state index < -0.39 is 10.0 Å². The molecule has 1 aromatic carbocycles. The molecule has 1 aromatic rings. The summed E-state index contributed by atoms with van der Waals surface area (Å²) in [7, 11) is -3.47. The second-order valence-corrected chi connectivity index (χ2v) is 9.10. The summed E-state index contributed by atoms with van der Waals surface area (Å²) in [5.74, 6) is 0.837. The van der Waals surface area contributed by atoms with E-state index in [2.05, 4.69) is 22.9 Å². The Balaban J connectivity index is 2.39. The van der Waals surface area contributed by atoms with Crippen molar-refractivity contribution in [3.8, 4) is 0 Å². The van der Waals surface area contributed by atoms with Crippen LogP contribution >= 0.6 is 27.7 Å². The van der Waals surface area contributed by atoms with Crippen LogP contribution < -0.4 is 5.73 Å². The molecular formula is C13H19BrN2O2S2. The van der Waals surface area contributed by atoms with Crippen LogP contribution in [-0.4, -0.2) is 36.3 Å². The normalized spacial score (nSPS) is 24.8. The van der Waals surface area contributed by atoms with E-state index in [0.29, 0.717) is 27.7 Å². The maximum atomic E-state index is 12.8. The van der Waals surface area contributed by atoms with E-state index in [-0.39, 0.29) is 6.04 Å². The van der Waals surface area contributed by atoms with E-state index in [0.717, 1.165) is 11.3 Å². The van der Waals surface area contributed by atoms with Crippen molar-refractivity contribution < 1.29 is 8.42 Å². The standard InChI is InChI=1S/C13H19BrN2O2S2/c1-9-10(2)19-6-5-16(9)20(17,18)13-4-3-11(8-15)7-12(13)14/h3-4,7,9-10H,5-6,8,15H2,1-2H3. The monoisotopic (exact) mass is 378 g/mol. The van der Waals surface area contributed by atoms with Crippen molar-refractivity contribution in [1.82, 2.24) is 4.31 Å². The zero-order valence-electron chi connectivity index (χ0n) is 11.5. The number of nitrogens with two attached hydrogens (primary N) is 1. The fraction of sp³-hybridized carbons (Fsp3) is 0.538. The van der Waals surface area contributed by atoms with Crippen LogP contribution in [0.2, 0.25) is 0 Å². The van der Waals surface area contributed by atoms with Gasteiger partial charge in [-0.3, -0.25) is 0 Å². The molecule has 0 aliphatic carbocycles. The van der Waals surface area contributed by atoms with Gasteiger partial charge in [-0.2, -0.15) is 16.1 Å². The van der Waals surface area contributed by atoms with Gasteiger partial charge >= 0.3 is 0 Å². The topological polar surface area (TPSA) is 63.4 Å². The first-order valence-corrected chi connectivity index (χ1v) is 9.78. The third-order valence-electron chi connectivity index (χ3n) is 3.64. The predicted octanol–water partition coefficient (Wildman–Crippen LogP) is 2.42. The minimum Gasteiger partial charge on any atom is -0.326 e. The summed E-state index contributed by atoms with van der Waals surface area (Å²) in [5, 5.41) is 0.306. The maximum Gasteiger partial charge on any atom is 0.244 e. The minimum absolute atomic E-state index is 0.000153. The molecule has 1 aliphatic rings. The maximum absolute atomic E-state index is 12.8. The molecule has 2 N–H and O–H groups in total. The smallest absolute Gasteiger partial charge is 0.244 e. The van der Waals surface area contributed by atoms with Crippen molar-refractivity contribution in [3.05, 3.63) is 28.2 Å². The van der Waals surface area contributed by atoms with Gasteiger partial charge in [-0.25, -0.2) is 8.42 Å². The molecule has 0 saturated carbocycles. The Morgan fingerprint density at radius 1 is 1.45 bits per heavy atom. The van der Waals surface area contributed by atoms with E-state index in [1.807, 2.05) is 18.7 Å². The van der Waals surface area contributed by atoms with Gasteiger partial charge in [0.25, 0.3) is 0 Å². The van der Waals surface area contributed by atoms with E-state index in [1.54, 1.807) is 22.5 Å². The molecule has 7 heteroatoms. The molecule has 2 atom stereocenters. The summed E-state index contributed by atoms with van der Waals surface area (Å²) in [6.07, 6.45) is 0. The van der Waals surface area contributed by atoms with Crippen molar-refractivity contribution in [2.24, 2.45) is 5.73 Å². The summed E-state index contributed by atoms with van der Waals surface area (Å²) in [6.45, 7) is 5.00. The zero-order chi connectivity index (χ0) is 14.9. The number of rotatable bonds is 3. The zero-order valence-corrected chi connectivity index (χ0v) is 14.8. The Hall–Kier alpha value is -0.0800. The van der Waals surface area contributed by atoms with Crippen molar-refractivity contribution in [3.63, 3.8) is 0 Å². The summed E-state index contributed by atoms with van der Waals surface area (Å²) >= 11 is 5.18. The highest BCUT2D eigenvalue weighted by Gasteiger charge is 2.35. The molecule has 1 heterocycles. The molecule has 20 heavy (non-hydrogen) atoms. The lowest BCUT2D eigenvalue weighted by atomic mass is 10.2. The largest absolute Gasteiger partial charge is 0.326 e. The van der Waals surface area contributed by atoms with Gasteiger partial charge in [-0.05, 0) is 40.5 Å². The van der Waals surface area contributed by atoms with Crippen LogP contribution in [0, 0.1) is 0 Å². The van der Waals surface area contributed by atoms with Crippen molar-refractivity contribution in [2.45, 2.75) is 36.6 Å². The minimum atomic E-state index is -3.47. The highest BCUT2D eigenvalue weighted by molar-refractivity contribution is 9.10. The Labute approximate surface area is 133 Å². The predicted molar refractivity (Wildman–Crippen MR) is 87.3 cm³/mol. The molecule has 4 nitrogen and oxygen atoms in total. The number of nitrogens with zero attached hydrogens (tertiary/aromatic N) is 1. The number of hydrogen-bond acceptors (Lipinski definition) is 4. The van der Waals surface area contributed by atoms with Crippen LogP contribution in [0.15, 0.2) is 27.6 Å². The highest BCUT2D eigenvalue weighted by atomic mass is 79.9. The van der Waals surface area contributed by atoms with Gasteiger partial charge in [0, 0.05) is 34.6 Å². The van der Waals surface area contributed by atoms with E-state index in [1.165, 1.54) is 0 Å². The average molecular weight is 379 g/mol. The van der Waals surface area contributed by atoms with Crippen molar-refractivity contribution in [2.75, 3.05) is 12.3 Å². The van der Waals surface area contributed by atoms with Crippen LogP contribution in [-0.2, 0) is 16.6 Å².